The molecule has 0 heterocycles. The maximum Gasteiger partial charge on any atom is 0.416 e. The van der Waals surface area contributed by atoms with Gasteiger partial charge in [-0.25, -0.2) is 8.78 Å². The quantitative estimate of drug-likeness (QED) is 0.471. The Kier molecular flexibility index (Phi) is 5.74. The summed E-state index contributed by atoms with van der Waals surface area (Å²) in [5.74, 6) is -2.74. The lowest BCUT2D eigenvalue weighted by molar-refractivity contribution is -0.137. The summed E-state index contributed by atoms with van der Waals surface area (Å²) in [7, 11) is 0. The van der Waals surface area contributed by atoms with E-state index in [-0.39, 0.29) is 22.2 Å². The molecule has 3 aromatic carbocycles. The van der Waals surface area contributed by atoms with Gasteiger partial charge in [-0.2, -0.15) is 13.2 Å². The van der Waals surface area contributed by atoms with Gasteiger partial charge in [-0.05, 0) is 54.6 Å². The van der Waals surface area contributed by atoms with Crippen LogP contribution in [0.1, 0.15) is 15.9 Å². The van der Waals surface area contributed by atoms with E-state index >= 15 is 0 Å². The summed E-state index contributed by atoms with van der Waals surface area (Å²) >= 11 is 5.83. The molecule has 9 heteroatoms. The van der Waals surface area contributed by atoms with Crippen LogP contribution >= 0.6 is 11.6 Å². The van der Waals surface area contributed by atoms with E-state index in [1.165, 1.54) is 24.3 Å². The number of benzene rings is 3. The molecule has 3 nitrogen and oxygen atoms in total. The molecule has 1 N–H and O–H groups in total. The van der Waals surface area contributed by atoms with Gasteiger partial charge in [-0.3, -0.25) is 4.79 Å². The van der Waals surface area contributed by atoms with Crippen LogP contribution in [0.2, 0.25) is 5.02 Å². The summed E-state index contributed by atoms with van der Waals surface area (Å²) in [6.45, 7) is 0. The number of amides is 1. The van der Waals surface area contributed by atoms with Crippen LogP contribution in [-0.4, -0.2) is 5.91 Å². The van der Waals surface area contributed by atoms with Crippen molar-refractivity contribution >= 4 is 23.2 Å². The highest BCUT2D eigenvalue weighted by atomic mass is 35.5. The van der Waals surface area contributed by atoms with Crippen molar-refractivity contribution in [2.45, 2.75) is 6.18 Å². The number of halogens is 6. The standard InChI is InChI=1S/C20H11ClF5NO2/c21-14-10-11(20(24,25)26)4-9-17(14)29-13-7-5-12(6-8-13)27-19(28)18-15(22)2-1-3-16(18)23/h1-10H,(H,27,28). The fourth-order valence-electron chi connectivity index (χ4n) is 2.40. The molecule has 0 atom stereocenters. The van der Waals surface area contributed by atoms with Crippen LogP contribution in [0.3, 0.4) is 0 Å². The van der Waals surface area contributed by atoms with E-state index in [0.717, 1.165) is 36.4 Å². The molecule has 0 saturated heterocycles. The highest BCUT2D eigenvalue weighted by Crippen LogP contribution is 2.36. The van der Waals surface area contributed by atoms with Gasteiger partial charge in [0.25, 0.3) is 5.91 Å². The van der Waals surface area contributed by atoms with Crippen LogP contribution in [0.25, 0.3) is 0 Å². The third-order valence-corrected chi connectivity index (χ3v) is 4.08. The Morgan fingerprint density at radius 2 is 1.55 bits per heavy atom. The Labute approximate surface area is 166 Å². The largest absolute Gasteiger partial charge is 0.456 e. The summed E-state index contributed by atoms with van der Waals surface area (Å²) < 4.78 is 70.7. The molecule has 0 radical (unpaired) electrons. The Morgan fingerprint density at radius 3 is 2.10 bits per heavy atom. The van der Waals surface area contributed by atoms with Crippen molar-refractivity contribution in [1.29, 1.82) is 0 Å². The maximum atomic E-state index is 13.6. The normalized spacial score (nSPS) is 11.2. The van der Waals surface area contributed by atoms with Crippen molar-refractivity contribution in [2.75, 3.05) is 5.32 Å². The molecular formula is C20H11ClF5NO2. The summed E-state index contributed by atoms with van der Waals surface area (Å²) in [6, 6.07) is 11.3. The molecule has 0 saturated carbocycles. The Morgan fingerprint density at radius 1 is 0.931 bits per heavy atom. The van der Waals surface area contributed by atoms with Crippen LogP contribution in [-0.2, 0) is 6.18 Å². The first-order chi connectivity index (χ1) is 13.6. The molecule has 0 unspecified atom stereocenters. The summed E-state index contributed by atoms with van der Waals surface area (Å²) in [4.78, 5) is 12.1. The molecule has 29 heavy (non-hydrogen) atoms. The van der Waals surface area contributed by atoms with Crippen molar-refractivity contribution < 1.29 is 31.5 Å². The third kappa shape index (κ3) is 4.83. The molecule has 0 fully saturated rings. The Hall–Kier alpha value is -3.13. The Bertz CT molecular complexity index is 1030. The fourth-order valence-corrected chi connectivity index (χ4v) is 2.62. The van der Waals surface area contributed by atoms with Crippen LogP contribution in [0.4, 0.5) is 27.6 Å². The van der Waals surface area contributed by atoms with Crippen LogP contribution in [0.15, 0.2) is 60.7 Å². The highest BCUT2D eigenvalue weighted by molar-refractivity contribution is 6.32. The number of carbonyl (C=O) groups is 1. The number of alkyl halides is 3. The molecule has 1 amide bonds. The number of rotatable bonds is 4. The predicted molar refractivity (Wildman–Crippen MR) is 97.3 cm³/mol. The van der Waals surface area contributed by atoms with E-state index in [4.69, 9.17) is 16.3 Å². The lowest BCUT2D eigenvalue weighted by atomic mass is 10.1. The number of hydrogen-bond acceptors (Lipinski definition) is 2. The van der Waals surface area contributed by atoms with E-state index < -0.39 is 34.8 Å². The van der Waals surface area contributed by atoms with Crippen LogP contribution < -0.4 is 10.1 Å². The first-order valence-electron chi connectivity index (χ1n) is 8.05. The van der Waals surface area contributed by atoms with Gasteiger partial charge < -0.3 is 10.1 Å². The number of ether oxygens (including phenoxy) is 1. The zero-order chi connectivity index (χ0) is 21.2. The minimum Gasteiger partial charge on any atom is -0.456 e. The first-order valence-corrected chi connectivity index (χ1v) is 8.43. The molecular weight excluding hydrogens is 417 g/mol. The van der Waals surface area contributed by atoms with Crippen LogP contribution in [0.5, 0.6) is 11.5 Å². The number of anilines is 1. The van der Waals surface area contributed by atoms with Crippen molar-refractivity contribution in [3.05, 3.63) is 88.4 Å². The van der Waals surface area contributed by atoms with Gasteiger partial charge in [0.05, 0.1) is 10.6 Å². The van der Waals surface area contributed by atoms with Gasteiger partial charge >= 0.3 is 6.18 Å². The van der Waals surface area contributed by atoms with Gasteiger partial charge in [-0.1, -0.05) is 17.7 Å². The molecule has 0 aliphatic heterocycles. The van der Waals surface area contributed by atoms with E-state index in [2.05, 4.69) is 5.32 Å². The molecule has 150 valence electrons. The maximum absolute atomic E-state index is 13.6. The van der Waals surface area contributed by atoms with Gasteiger partial charge in [0.1, 0.15) is 28.7 Å². The molecule has 0 aromatic heterocycles. The zero-order valence-corrected chi connectivity index (χ0v) is 15.1. The minimum absolute atomic E-state index is 0.00452. The highest BCUT2D eigenvalue weighted by Gasteiger charge is 2.31. The van der Waals surface area contributed by atoms with Crippen molar-refractivity contribution in [3.8, 4) is 11.5 Å². The first kappa shape index (κ1) is 20.6. The number of hydrogen-bond donors (Lipinski definition) is 1. The number of carbonyl (C=O) groups excluding carboxylic acids is 1. The van der Waals surface area contributed by atoms with E-state index in [0.29, 0.717) is 0 Å². The zero-order valence-electron chi connectivity index (χ0n) is 14.4. The van der Waals surface area contributed by atoms with E-state index in [1.54, 1.807) is 0 Å². The average Bonchev–Trinajstić information content (AvgIpc) is 2.64. The van der Waals surface area contributed by atoms with Gasteiger partial charge in [0.15, 0.2) is 0 Å². The van der Waals surface area contributed by atoms with Crippen molar-refractivity contribution in [2.24, 2.45) is 0 Å². The molecule has 3 rings (SSSR count). The second-order valence-electron chi connectivity index (χ2n) is 5.82. The predicted octanol–water partition coefficient (Wildman–Crippen LogP) is 6.68. The molecule has 0 aliphatic carbocycles. The van der Waals surface area contributed by atoms with E-state index in [1.807, 2.05) is 0 Å². The van der Waals surface area contributed by atoms with Crippen LogP contribution in [0, 0.1) is 11.6 Å². The summed E-state index contributed by atoms with van der Waals surface area (Å²) in [5, 5.41) is 2.11. The monoisotopic (exact) mass is 427 g/mol. The number of nitrogens with one attached hydrogen (secondary N) is 1. The topological polar surface area (TPSA) is 38.3 Å². The average molecular weight is 428 g/mol. The third-order valence-electron chi connectivity index (χ3n) is 3.79. The second-order valence-corrected chi connectivity index (χ2v) is 6.23. The van der Waals surface area contributed by atoms with Crippen molar-refractivity contribution in [1.82, 2.24) is 0 Å². The smallest absolute Gasteiger partial charge is 0.416 e. The van der Waals surface area contributed by atoms with Gasteiger partial charge in [0.2, 0.25) is 0 Å². The van der Waals surface area contributed by atoms with E-state index in [9.17, 15) is 26.7 Å². The minimum atomic E-state index is -4.53. The van der Waals surface area contributed by atoms with Gasteiger partial charge in [-0.15, -0.1) is 0 Å². The summed E-state index contributed by atoms with van der Waals surface area (Å²) in [6.07, 6.45) is -4.53. The van der Waals surface area contributed by atoms with Crippen molar-refractivity contribution in [3.63, 3.8) is 0 Å². The SMILES string of the molecule is O=C(Nc1ccc(Oc2ccc(C(F)(F)F)cc2Cl)cc1)c1c(F)cccc1F. The molecule has 0 bridgehead atoms. The molecule has 0 aliphatic rings. The summed E-state index contributed by atoms with van der Waals surface area (Å²) in [5.41, 5.74) is -1.40. The Balaban J connectivity index is 1.72. The lowest BCUT2D eigenvalue weighted by Crippen LogP contribution is -2.15. The fraction of sp³-hybridized carbons (Fsp3) is 0.0500. The molecule has 3 aromatic rings. The lowest BCUT2D eigenvalue weighted by Gasteiger charge is -2.12. The molecule has 0 spiro atoms. The van der Waals surface area contributed by atoms with Gasteiger partial charge in [0, 0.05) is 5.69 Å². The second kappa shape index (κ2) is 8.08.